The maximum atomic E-state index is 12.0. The molecule has 22 heavy (non-hydrogen) atoms. The van der Waals surface area contributed by atoms with Crippen LogP contribution in [0.3, 0.4) is 0 Å². The molecule has 0 spiro atoms. The molecule has 6 nitrogen and oxygen atoms in total. The van der Waals surface area contributed by atoms with Gasteiger partial charge in [-0.25, -0.2) is 0 Å². The Kier molecular flexibility index (Phi) is 4.95. The van der Waals surface area contributed by atoms with Crippen molar-refractivity contribution in [3.05, 3.63) is 53.5 Å². The number of rotatable bonds is 5. The molecule has 1 aromatic heterocycles. The van der Waals surface area contributed by atoms with Crippen molar-refractivity contribution in [3.8, 4) is 0 Å². The summed E-state index contributed by atoms with van der Waals surface area (Å²) in [6, 6.07) is 8.77. The molecule has 0 fully saturated rings. The highest BCUT2D eigenvalue weighted by Gasteiger charge is 2.10. The molecule has 3 N–H and O–H groups in total. The summed E-state index contributed by atoms with van der Waals surface area (Å²) in [5.41, 5.74) is 7.41. The van der Waals surface area contributed by atoms with Gasteiger partial charge in [0.15, 0.2) is 0 Å². The van der Waals surface area contributed by atoms with Crippen LogP contribution in [0.4, 0.5) is 5.69 Å². The van der Waals surface area contributed by atoms with Crippen LogP contribution in [-0.4, -0.2) is 30.8 Å². The van der Waals surface area contributed by atoms with Gasteiger partial charge in [-0.15, -0.1) is 0 Å². The molecule has 0 aliphatic carbocycles. The van der Waals surface area contributed by atoms with Crippen LogP contribution in [0.15, 0.2) is 41.0 Å². The van der Waals surface area contributed by atoms with Gasteiger partial charge >= 0.3 is 0 Å². The molecular weight excluding hydrogens is 282 g/mol. The van der Waals surface area contributed by atoms with Crippen molar-refractivity contribution in [1.29, 1.82) is 0 Å². The molecule has 2 amide bonds. The topological polar surface area (TPSA) is 88.6 Å². The zero-order valence-corrected chi connectivity index (χ0v) is 12.6. The van der Waals surface area contributed by atoms with Crippen molar-refractivity contribution in [2.24, 2.45) is 5.73 Å². The first-order valence-electron chi connectivity index (χ1n) is 6.87. The molecule has 116 valence electrons. The lowest BCUT2D eigenvalue weighted by molar-refractivity contribution is -0.127. The van der Waals surface area contributed by atoms with Gasteiger partial charge in [0.05, 0.1) is 18.5 Å². The average Bonchev–Trinajstić information content (AvgIpc) is 2.98. The molecule has 0 atom stereocenters. The molecule has 0 radical (unpaired) electrons. The number of benzene rings is 1. The molecule has 2 aromatic rings. The summed E-state index contributed by atoms with van der Waals surface area (Å²) < 4.78 is 5.13. The molecular formula is C16H19N3O3. The van der Waals surface area contributed by atoms with Crippen LogP contribution in [0.1, 0.15) is 21.7 Å². The van der Waals surface area contributed by atoms with Crippen LogP contribution in [-0.2, 0) is 17.8 Å². The average molecular weight is 301 g/mol. The van der Waals surface area contributed by atoms with E-state index in [2.05, 4.69) is 5.32 Å². The molecule has 1 heterocycles. The van der Waals surface area contributed by atoms with Crippen LogP contribution >= 0.6 is 0 Å². The van der Waals surface area contributed by atoms with Crippen LogP contribution in [0.25, 0.3) is 0 Å². The molecule has 0 saturated heterocycles. The first-order chi connectivity index (χ1) is 10.5. The molecule has 0 aliphatic rings. The molecule has 0 bridgehead atoms. The number of nitrogens with two attached hydrogens (primary N) is 1. The Labute approximate surface area is 128 Å². The Morgan fingerprint density at radius 3 is 2.45 bits per heavy atom. The van der Waals surface area contributed by atoms with Gasteiger partial charge in [0.2, 0.25) is 5.91 Å². The molecule has 2 rings (SSSR count). The summed E-state index contributed by atoms with van der Waals surface area (Å²) in [6.45, 7) is 0.252. The predicted molar refractivity (Wildman–Crippen MR) is 83.4 cm³/mol. The zero-order chi connectivity index (χ0) is 16.1. The Balaban J connectivity index is 1.98. The first kappa shape index (κ1) is 15.8. The van der Waals surface area contributed by atoms with E-state index in [0.29, 0.717) is 23.4 Å². The minimum Gasteiger partial charge on any atom is -0.467 e. The van der Waals surface area contributed by atoms with E-state index in [9.17, 15) is 9.59 Å². The Hall–Kier alpha value is -2.60. The fraction of sp³-hybridized carbons (Fsp3) is 0.250. The Bertz CT molecular complexity index is 660. The highest BCUT2D eigenvalue weighted by atomic mass is 16.3. The van der Waals surface area contributed by atoms with Gasteiger partial charge in [-0.1, -0.05) is 12.1 Å². The molecule has 0 saturated carbocycles. The number of hydrogen-bond donors (Lipinski definition) is 2. The fourth-order valence-electron chi connectivity index (χ4n) is 1.85. The van der Waals surface area contributed by atoms with Crippen LogP contribution < -0.4 is 11.1 Å². The number of nitrogens with zero attached hydrogens (tertiary/aromatic N) is 1. The third kappa shape index (κ3) is 3.95. The number of amides is 2. The van der Waals surface area contributed by atoms with E-state index in [1.165, 1.54) is 6.26 Å². The summed E-state index contributed by atoms with van der Waals surface area (Å²) in [7, 11) is 3.44. The maximum absolute atomic E-state index is 12.0. The summed E-state index contributed by atoms with van der Waals surface area (Å²) in [5.74, 6) is 0.327. The van der Waals surface area contributed by atoms with Gasteiger partial charge in [-0.2, -0.15) is 0 Å². The van der Waals surface area contributed by atoms with E-state index in [-0.39, 0.29) is 18.4 Å². The predicted octanol–water partition coefficient (Wildman–Crippen LogP) is 1.62. The van der Waals surface area contributed by atoms with E-state index in [0.717, 1.165) is 5.56 Å². The molecule has 6 heteroatoms. The van der Waals surface area contributed by atoms with Crippen molar-refractivity contribution in [3.63, 3.8) is 0 Å². The van der Waals surface area contributed by atoms with Crippen molar-refractivity contribution in [2.45, 2.75) is 13.0 Å². The largest absolute Gasteiger partial charge is 0.467 e. The summed E-state index contributed by atoms with van der Waals surface area (Å²) >= 11 is 0. The monoisotopic (exact) mass is 301 g/mol. The number of anilines is 1. The summed E-state index contributed by atoms with van der Waals surface area (Å²) in [4.78, 5) is 25.2. The van der Waals surface area contributed by atoms with Crippen molar-refractivity contribution in [1.82, 2.24) is 4.90 Å². The Morgan fingerprint density at radius 2 is 1.91 bits per heavy atom. The molecule has 1 aromatic carbocycles. The van der Waals surface area contributed by atoms with E-state index in [4.69, 9.17) is 10.2 Å². The van der Waals surface area contributed by atoms with E-state index in [1.54, 1.807) is 37.2 Å². The third-order valence-corrected chi connectivity index (χ3v) is 3.18. The fourth-order valence-corrected chi connectivity index (χ4v) is 1.85. The first-order valence-corrected chi connectivity index (χ1v) is 6.87. The minimum absolute atomic E-state index is 0.0319. The van der Waals surface area contributed by atoms with Gasteiger partial charge in [0.25, 0.3) is 5.91 Å². The number of furan rings is 1. The number of nitrogens with one attached hydrogen (secondary N) is 1. The number of hydrogen-bond acceptors (Lipinski definition) is 4. The lowest BCUT2D eigenvalue weighted by atomic mass is 10.1. The SMILES string of the molecule is CN(C)C(=O)Cc1ccc(NC(=O)c2coc(CN)c2)cc1. The van der Waals surface area contributed by atoms with Crippen molar-refractivity contribution >= 4 is 17.5 Å². The molecule has 0 unspecified atom stereocenters. The number of carbonyl (C=O) groups is 2. The van der Waals surface area contributed by atoms with Gasteiger partial charge in [0, 0.05) is 19.8 Å². The highest BCUT2D eigenvalue weighted by Crippen LogP contribution is 2.14. The van der Waals surface area contributed by atoms with Gasteiger partial charge < -0.3 is 20.4 Å². The second kappa shape index (κ2) is 6.91. The smallest absolute Gasteiger partial charge is 0.258 e. The minimum atomic E-state index is -0.263. The highest BCUT2D eigenvalue weighted by molar-refractivity contribution is 6.04. The molecule has 0 aliphatic heterocycles. The number of carbonyl (C=O) groups excluding carboxylic acids is 2. The van der Waals surface area contributed by atoms with Gasteiger partial charge in [0.1, 0.15) is 12.0 Å². The maximum Gasteiger partial charge on any atom is 0.258 e. The van der Waals surface area contributed by atoms with Crippen LogP contribution in [0.5, 0.6) is 0 Å². The standard InChI is InChI=1S/C16H19N3O3/c1-19(2)15(20)7-11-3-5-13(6-4-11)18-16(21)12-8-14(9-17)22-10-12/h3-6,8,10H,7,9,17H2,1-2H3,(H,18,21). The van der Waals surface area contributed by atoms with E-state index < -0.39 is 0 Å². The van der Waals surface area contributed by atoms with Crippen LogP contribution in [0.2, 0.25) is 0 Å². The van der Waals surface area contributed by atoms with E-state index >= 15 is 0 Å². The normalized spacial score (nSPS) is 10.3. The zero-order valence-electron chi connectivity index (χ0n) is 12.6. The quantitative estimate of drug-likeness (QED) is 0.878. The van der Waals surface area contributed by atoms with E-state index in [1.807, 2.05) is 12.1 Å². The summed E-state index contributed by atoms with van der Waals surface area (Å²) in [5, 5.41) is 2.76. The van der Waals surface area contributed by atoms with Gasteiger partial charge in [-0.05, 0) is 23.8 Å². The van der Waals surface area contributed by atoms with Crippen molar-refractivity contribution in [2.75, 3.05) is 19.4 Å². The second-order valence-corrected chi connectivity index (χ2v) is 5.12. The lowest BCUT2D eigenvalue weighted by Crippen LogP contribution is -2.23. The number of likely N-dealkylation sites (N-methyl/N-ethyl adjacent to an activating group) is 1. The second-order valence-electron chi connectivity index (χ2n) is 5.12. The van der Waals surface area contributed by atoms with Crippen LogP contribution in [0, 0.1) is 0 Å². The Morgan fingerprint density at radius 1 is 1.23 bits per heavy atom. The lowest BCUT2D eigenvalue weighted by Gasteiger charge is -2.10. The third-order valence-electron chi connectivity index (χ3n) is 3.18. The van der Waals surface area contributed by atoms with Crippen molar-refractivity contribution < 1.29 is 14.0 Å². The van der Waals surface area contributed by atoms with Gasteiger partial charge in [-0.3, -0.25) is 9.59 Å². The summed E-state index contributed by atoms with van der Waals surface area (Å²) in [6.07, 6.45) is 1.71.